The van der Waals surface area contributed by atoms with Gasteiger partial charge in [-0.25, -0.2) is 4.79 Å². The number of urea groups is 1. The molecule has 1 aromatic carbocycles. The summed E-state index contributed by atoms with van der Waals surface area (Å²) < 4.78 is 11.5. The molecule has 132 valence electrons. The van der Waals surface area contributed by atoms with Crippen LogP contribution >= 0.6 is 0 Å². The zero-order valence-corrected chi connectivity index (χ0v) is 14.4. The molecule has 1 atom stereocenters. The average molecular weight is 333 g/mol. The predicted molar refractivity (Wildman–Crippen MR) is 93.6 cm³/mol. The van der Waals surface area contributed by atoms with Crippen molar-refractivity contribution in [1.29, 1.82) is 0 Å². The van der Waals surface area contributed by atoms with Gasteiger partial charge in [0.15, 0.2) is 0 Å². The topological polar surface area (TPSA) is 54.0 Å². The van der Waals surface area contributed by atoms with Gasteiger partial charge in [-0.05, 0) is 45.0 Å². The summed E-state index contributed by atoms with van der Waals surface area (Å²) in [5.41, 5.74) is 0.720. The van der Waals surface area contributed by atoms with Crippen LogP contribution in [0.5, 0.6) is 5.75 Å². The third kappa shape index (κ3) is 4.61. The van der Waals surface area contributed by atoms with Gasteiger partial charge in [-0.15, -0.1) is 0 Å². The zero-order chi connectivity index (χ0) is 16.8. The number of ether oxygens (including phenoxy) is 2. The number of likely N-dealkylation sites (N-methyl/N-ethyl adjacent to an activating group) is 1. The van der Waals surface area contributed by atoms with Crippen LogP contribution in [0.4, 0.5) is 10.5 Å². The second-order valence-electron chi connectivity index (χ2n) is 6.52. The summed E-state index contributed by atoms with van der Waals surface area (Å²) in [4.78, 5) is 16.7. The summed E-state index contributed by atoms with van der Waals surface area (Å²) in [5.74, 6) is 0.702. The molecule has 6 nitrogen and oxygen atoms in total. The molecule has 3 rings (SSSR count). The van der Waals surface area contributed by atoms with Gasteiger partial charge in [-0.3, -0.25) is 0 Å². The first-order chi connectivity index (χ1) is 11.7. The third-order valence-electron chi connectivity index (χ3n) is 4.58. The molecule has 0 radical (unpaired) electrons. The van der Waals surface area contributed by atoms with Gasteiger partial charge in [0.25, 0.3) is 0 Å². The van der Waals surface area contributed by atoms with Crippen LogP contribution in [0.3, 0.4) is 0 Å². The van der Waals surface area contributed by atoms with E-state index in [0.29, 0.717) is 12.4 Å². The molecule has 0 bridgehead atoms. The minimum absolute atomic E-state index is 0.0570. The number of para-hydroxylation sites is 2. The second kappa shape index (κ2) is 8.35. The van der Waals surface area contributed by atoms with Crippen molar-refractivity contribution >= 4 is 11.7 Å². The Bertz CT molecular complexity index is 546. The van der Waals surface area contributed by atoms with E-state index in [-0.39, 0.29) is 12.1 Å². The van der Waals surface area contributed by atoms with E-state index in [4.69, 9.17) is 9.47 Å². The quantitative estimate of drug-likeness (QED) is 0.919. The first-order valence-corrected chi connectivity index (χ1v) is 8.80. The van der Waals surface area contributed by atoms with Crippen LogP contribution < -0.4 is 10.1 Å². The predicted octanol–water partition coefficient (Wildman–Crippen LogP) is 2.41. The van der Waals surface area contributed by atoms with Crippen LogP contribution in [-0.2, 0) is 4.74 Å². The normalized spacial score (nSPS) is 22.2. The van der Waals surface area contributed by atoms with Gasteiger partial charge in [0, 0.05) is 26.2 Å². The van der Waals surface area contributed by atoms with Gasteiger partial charge in [0.05, 0.1) is 11.8 Å². The van der Waals surface area contributed by atoms with Gasteiger partial charge in [-0.2, -0.15) is 0 Å². The number of hydrogen-bond acceptors (Lipinski definition) is 4. The maximum atomic E-state index is 12.6. The van der Waals surface area contributed by atoms with Gasteiger partial charge >= 0.3 is 6.03 Å². The molecule has 2 heterocycles. The van der Waals surface area contributed by atoms with Crippen LogP contribution in [0.2, 0.25) is 0 Å². The molecule has 1 aromatic rings. The van der Waals surface area contributed by atoms with Gasteiger partial charge in [-0.1, -0.05) is 12.1 Å². The molecule has 24 heavy (non-hydrogen) atoms. The fourth-order valence-corrected chi connectivity index (χ4v) is 3.10. The van der Waals surface area contributed by atoms with Gasteiger partial charge < -0.3 is 24.6 Å². The lowest BCUT2D eigenvalue weighted by atomic mass is 10.2. The number of nitrogens with zero attached hydrogens (tertiary/aromatic N) is 2. The van der Waals surface area contributed by atoms with Crippen molar-refractivity contribution in [3.05, 3.63) is 24.3 Å². The van der Waals surface area contributed by atoms with E-state index in [1.165, 1.54) is 0 Å². The van der Waals surface area contributed by atoms with E-state index in [1.807, 2.05) is 29.2 Å². The van der Waals surface area contributed by atoms with Crippen molar-refractivity contribution in [3.8, 4) is 5.75 Å². The molecular weight excluding hydrogens is 306 g/mol. The van der Waals surface area contributed by atoms with Crippen LogP contribution in [-0.4, -0.2) is 68.4 Å². The summed E-state index contributed by atoms with van der Waals surface area (Å²) in [7, 11) is 2.09. The lowest BCUT2D eigenvalue weighted by Crippen LogP contribution is -2.37. The molecule has 0 spiro atoms. The first-order valence-electron chi connectivity index (χ1n) is 8.80. The minimum Gasteiger partial charge on any atom is -0.489 e. The summed E-state index contributed by atoms with van der Waals surface area (Å²) in [6, 6.07) is 7.54. The molecule has 2 aliphatic rings. The van der Waals surface area contributed by atoms with Crippen LogP contribution in [0.15, 0.2) is 24.3 Å². The summed E-state index contributed by atoms with van der Waals surface area (Å²) in [5, 5.41) is 3.00. The van der Waals surface area contributed by atoms with Gasteiger partial charge in [0.1, 0.15) is 12.4 Å². The molecule has 1 N–H and O–H groups in total. The van der Waals surface area contributed by atoms with Crippen LogP contribution in [0, 0.1) is 0 Å². The SMILES string of the molecule is CN1CCCN(C(=O)Nc2ccccc2OC[C@H]2CCCO2)CC1. The average Bonchev–Trinajstić information content (AvgIpc) is 3.01. The van der Waals surface area contributed by atoms with Crippen molar-refractivity contribution in [1.82, 2.24) is 9.80 Å². The molecular formula is C18H27N3O3. The summed E-state index contributed by atoms with van der Waals surface area (Å²) in [6.45, 7) is 4.82. The Hall–Kier alpha value is -1.79. The number of hydrogen-bond donors (Lipinski definition) is 1. The highest BCUT2D eigenvalue weighted by atomic mass is 16.5. The molecule has 2 amide bonds. The van der Waals surface area contributed by atoms with E-state index < -0.39 is 0 Å². The molecule has 0 aromatic heterocycles. The van der Waals surface area contributed by atoms with E-state index in [2.05, 4.69) is 17.3 Å². The zero-order valence-electron chi connectivity index (χ0n) is 14.4. The second-order valence-corrected chi connectivity index (χ2v) is 6.52. The van der Waals surface area contributed by atoms with Crippen LogP contribution in [0.1, 0.15) is 19.3 Å². The van der Waals surface area contributed by atoms with Crippen molar-refractivity contribution < 1.29 is 14.3 Å². The van der Waals surface area contributed by atoms with E-state index in [1.54, 1.807) is 0 Å². The van der Waals surface area contributed by atoms with E-state index in [0.717, 1.165) is 57.7 Å². The first kappa shape index (κ1) is 17.0. The van der Waals surface area contributed by atoms with Crippen molar-refractivity contribution in [2.75, 3.05) is 51.8 Å². The standard InChI is InChI=1S/C18H27N3O3/c1-20-9-5-10-21(12-11-20)18(22)19-16-7-2-3-8-17(16)24-14-15-6-4-13-23-15/h2-3,7-8,15H,4-6,9-14H2,1H3,(H,19,22)/t15-/m1/s1. The Morgan fingerprint density at radius 3 is 2.96 bits per heavy atom. The Labute approximate surface area is 143 Å². The van der Waals surface area contributed by atoms with E-state index in [9.17, 15) is 4.79 Å². The summed E-state index contributed by atoms with van der Waals surface area (Å²) >= 11 is 0. The monoisotopic (exact) mass is 333 g/mol. The third-order valence-corrected chi connectivity index (χ3v) is 4.58. The molecule has 2 aliphatic heterocycles. The molecule has 2 saturated heterocycles. The smallest absolute Gasteiger partial charge is 0.321 e. The molecule has 6 heteroatoms. The number of amides is 2. The van der Waals surface area contributed by atoms with Crippen molar-refractivity contribution in [3.63, 3.8) is 0 Å². The molecule has 2 fully saturated rings. The fraction of sp³-hybridized carbons (Fsp3) is 0.611. The maximum absolute atomic E-state index is 12.6. The van der Waals surface area contributed by atoms with Crippen molar-refractivity contribution in [2.45, 2.75) is 25.4 Å². The van der Waals surface area contributed by atoms with Crippen LogP contribution in [0.25, 0.3) is 0 Å². The maximum Gasteiger partial charge on any atom is 0.321 e. The highest BCUT2D eigenvalue weighted by Gasteiger charge is 2.20. The number of carbonyl (C=O) groups is 1. The number of rotatable bonds is 4. The molecule has 0 unspecified atom stereocenters. The molecule has 0 aliphatic carbocycles. The van der Waals surface area contributed by atoms with Gasteiger partial charge in [0.2, 0.25) is 0 Å². The molecule has 0 saturated carbocycles. The number of nitrogens with one attached hydrogen (secondary N) is 1. The Kier molecular flexibility index (Phi) is 5.93. The number of carbonyl (C=O) groups excluding carboxylic acids is 1. The highest BCUT2D eigenvalue weighted by Crippen LogP contribution is 2.25. The van der Waals surface area contributed by atoms with Crippen molar-refractivity contribution in [2.24, 2.45) is 0 Å². The Morgan fingerprint density at radius 1 is 1.25 bits per heavy atom. The minimum atomic E-state index is -0.0570. The number of anilines is 1. The summed E-state index contributed by atoms with van der Waals surface area (Å²) in [6.07, 6.45) is 3.29. The lowest BCUT2D eigenvalue weighted by Gasteiger charge is -2.22. The Balaban J connectivity index is 1.58. The lowest BCUT2D eigenvalue weighted by molar-refractivity contribution is 0.0682. The van der Waals surface area contributed by atoms with E-state index >= 15 is 0 Å². The highest BCUT2D eigenvalue weighted by molar-refractivity contribution is 5.91. The fourth-order valence-electron chi connectivity index (χ4n) is 3.10. The largest absolute Gasteiger partial charge is 0.489 e. The number of benzene rings is 1. The Morgan fingerprint density at radius 2 is 2.12 bits per heavy atom.